The molecule has 7 nitrogen and oxygen atoms in total. The summed E-state index contributed by atoms with van der Waals surface area (Å²) in [4.78, 5) is 35.8. The summed E-state index contributed by atoms with van der Waals surface area (Å²) in [5.74, 6) is -1.67. The summed E-state index contributed by atoms with van der Waals surface area (Å²) in [7, 11) is 0. The van der Waals surface area contributed by atoms with Crippen molar-refractivity contribution in [3.63, 3.8) is 0 Å². The molecule has 0 aliphatic carbocycles. The highest BCUT2D eigenvalue weighted by Gasteiger charge is 2.24. The van der Waals surface area contributed by atoms with Crippen LogP contribution in [0, 0.1) is 0 Å². The molecule has 1 rings (SSSR count). The van der Waals surface area contributed by atoms with Crippen molar-refractivity contribution in [2.24, 2.45) is 5.73 Å². The maximum Gasteiger partial charge on any atom is 0.318 e. The third-order valence-corrected chi connectivity index (χ3v) is 2.60. The number of carbonyl (C=O) groups is 3. The van der Waals surface area contributed by atoms with Gasteiger partial charge in [-0.15, -0.1) is 0 Å². The van der Waals surface area contributed by atoms with E-state index in [4.69, 9.17) is 10.5 Å². The van der Waals surface area contributed by atoms with E-state index in [0.29, 0.717) is 18.0 Å². The summed E-state index contributed by atoms with van der Waals surface area (Å²) >= 11 is 0. The van der Waals surface area contributed by atoms with Gasteiger partial charge in [-0.1, -0.05) is 0 Å². The molecule has 0 aliphatic rings. The minimum atomic E-state index is -0.929. The van der Waals surface area contributed by atoms with Gasteiger partial charge >= 0.3 is 11.8 Å². The predicted molar refractivity (Wildman–Crippen MR) is 77.7 cm³/mol. The number of nitrogens with two attached hydrogens (primary N) is 1. The smallest absolute Gasteiger partial charge is 0.318 e. The van der Waals surface area contributed by atoms with Crippen molar-refractivity contribution < 1.29 is 19.1 Å². The zero-order valence-electron chi connectivity index (χ0n) is 12.1. The molecule has 114 valence electrons. The van der Waals surface area contributed by atoms with E-state index in [0.717, 1.165) is 4.90 Å². The molecule has 1 aromatic rings. The second kappa shape index (κ2) is 8.01. The molecule has 0 spiro atoms. The van der Waals surface area contributed by atoms with Gasteiger partial charge in [0.25, 0.3) is 0 Å². The molecule has 7 heteroatoms. The van der Waals surface area contributed by atoms with Crippen LogP contribution >= 0.6 is 0 Å². The molecule has 3 amide bonds. The number of hydrogen-bond acceptors (Lipinski definition) is 5. The molecule has 0 saturated heterocycles. The van der Waals surface area contributed by atoms with E-state index < -0.39 is 17.7 Å². The number of carbonyl (C=O) groups excluding carboxylic acids is 3. The van der Waals surface area contributed by atoms with Crippen molar-refractivity contribution in [3.8, 4) is 5.75 Å². The lowest BCUT2D eigenvalue weighted by Gasteiger charge is -2.17. The number of anilines is 1. The summed E-state index contributed by atoms with van der Waals surface area (Å²) in [5, 5.41) is 2.43. The molecule has 0 saturated carbocycles. The molecular weight excluding hydrogens is 274 g/mol. The maximum atomic E-state index is 11.9. The average molecular weight is 293 g/mol. The summed E-state index contributed by atoms with van der Waals surface area (Å²) in [6.07, 6.45) is 0. The second-order valence-corrected chi connectivity index (χ2v) is 4.18. The number of nitrogens with zero attached hydrogens (tertiary/aromatic N) is 1. The first-order valence-corrected chi connectivity index (χ1v) is 6.56. The number of hydrogen-bond donors (Lipinski definition) is 2. The third kappa shape index (κ3) is 4.88. The quantitative estimate of drug-likeness (QED) is 0.763. The van der Waals surface area contributed by atoms with E-state index in [1.165, 1.54) is 6.92 Å². The predicted octanol–water partition coefficient (Wildman–Crippen LogP) is 0.358. The Balaban J connectivity index is 2.70. The zero-order valence-corrected chi connectivity index (χ0v) is 12.1. The van der Waals surface area contributed by atoms with Crippen molar-refractivity contribution in [3.05, 3.63) is 24.3 Å². The molecule has 0 unspecified atom stereocenters. The van der Waals surface area contributed by atoms with Crippen LogP contribution in [0.25, 0.3) is 0 Å². The second-order valence-electron chi connectivity index (χ2n) is 4.18. The van der Waals surface area contributed by atoms with Gasteiger partial charge in [0.1, 0.15) is 5.75 Å². The van der Waals surface area contributed by atoms with Gasteiger partial charge in [0.15, 0.2) is 0 Å². The summed E-state index contributed by atoms with van der Waals surface area (Å²) < 4.78 is 5.27. The van der Waals surface area contributed by atoms with Gasteiger partial charge in [0, 0.05) is 25.7 Å². The number of ether oxygens (including phenoxy) is 1. The maximum absolute atomic E-state index is 11.9. The minimum absolute atomic E-state index is 0.00483. The Morgan fingerprint density at radius 3 is 2.33 bits per heavy atom. The van der Waals surface area contributed by atoms with Crippen molar-refractivity contribution in [2.75, 3.05) is 25.0 Å². The molecule has 21 heavy (non-hydrogen) atoms. The van der Waals surface area contributed by atoms with E-state index in [-0.39, 0.29) is 13.1 Å². The fourth-order valence-corrected chi connectivity index (χ4v) is 1.64. The third-order valence-electron chi connectivity index (χ3n) is 2.60. The lowest BCUT2D eigenvalue weighted by molar-refractivity contribution is -0.149. The van der Waals surface area contributed by atoms with Gasteiger partial charge in [0.2, 0.25) is 5.91 Å². The molecule has 0 atom stereocenters. The monoisotopic (exact) mass is 293 g/mol. The highest BCUT2D eigenvalue weighted by Crippen LogP contribution is 2.15. The van der Waals surface area contributed by atoms with Gasteiger partial charge in [-0.05, 0) is 31.2 Å². The van der Waals surface area contributed by atoms with Gasteiger partial charge in [0.05, 0.1) is 6.61 Å². The molecular formula is C14H19N3O4. The fraction of sp³-hybridized carbons (Fsp3) is 0.357. The molecule has 0 aromatic heterocycles. The van der Waals surface area contributed by atoms with Crippen LogP contribution in [0.1, 0.15) is 13.8 Å². The van der Waals surface area contributed by atoms with E-state index in [1.807, 2.05) is 6.92 Å². The largest absolute Gasteiger partial charge is 0.494 e. The summed E-state index contributed by atoms with van der Waals surface area (Å²) in [6, 6.07) is 6.56. The number of imide groups is 1. The molecule has 0 heterocycles. The Hall–Kier alpha value is -2.41. The molecule has 1 aromatic carbocycles. The van der Waals surface area contributed by atoms with Crippen LogP contribution in [0.15, 0.2) is 24.3 Å². The molecule has 0 aliphatic heterocycles. The Bertz CT molecular complexity index is 513. The van der Waals surface area contributed by atoms with Gasteiger partial charge in [-0.2, -0.15) is 0 Å². The van der Waals surface area contributed by atoms with E-state index in [9.17, 15) is 14.4 Å². The van der Waals surface area contributed by atoms with Crippen molar-refractivity contribution in [2.45, 2.75) is 13.8 Å². The Kier molecular flexibility index (Phi) is 6.35. The number of amides is 3. The lowest BCUT2D eigenvalue weighted by Crippen LogP contribution is -2.44. The average Bonchev–Trinajstić information content (AvgIpc) is 2.46. The van der Waals surface area contributed by atoms with Crippen LogP contribution < -0.4 is 15.8 Å². The Labute approximate surface area is 123 Å². The Morgan fingerprint density at radius 1 is 1.24 bits per heavy atom. The van der Waals surface area contributed by atoms with Crippen molar-refractivity contribution >= 4 is 23.4 Å². The van der Waals surface area contributed by atoms with Crippen LogP contribution in [0.4, 0.5) is 5.69 Å². The van der Waals surface area contributed by atoms with Gasteiger partial charge < -0.3 is 15.8 Å². The van der Waals surface area contributed by atoms with Crippen molar-refractivity contribution in [1.82, 2.24) is 4.90 Å². The van der Waals surface area contributed by atoms with Gasteiger partial charge in [-0.3, -0.25) is 19.3 Å². The summed E-state index contributed by atoms with van der Waals surface area (Å²) in [5.41, 5.74) is 5.75. The molecule has 0 bridgehead atoms. The summed E-state index contributed by atoms with van der Waals surface area (Å²) in [6.45, 7) is 3.71. The minimum Gasteiger partial charge on any atom is -0.494 e. The van der Waals surface area contributed by atoms with Gasteiger partial charge in [-0.25, -0.2) is 0 Å². The van der Waals surface area contributed by atoms with E-state index in [1.54, 1.807) is 24.3 Å². The van der Waals surface area contributed by atoms with Crippen LogP contribution in [0.2, 0.25) is 0 Å². The highest BCUT2D eigenvalue weighted by atomic mass is 16.5. The first-order chi connectivity index (χ1) is 9.99. The molecule has 0 radical (unpaired) electrons. The molecule has 3 N–H and O–H groups in total. The first-order valence-electron chi connectivity index (χ1n) is 6.56. The topological polar surface area (TPSA) is 102 Å². The van der Waals surface area contributed by atoms with E-state index in [2.05, 4.69) is 5.32 Å². The normalized spacial score (nSPS) is 9.86. The molecule has 0 fully saturated rings. The van der Waals surface area contributed by atoms with Crippen molar-refractivity contribution in [1.29, 1.82) is 0 Å². The highest BCUT2D eigenvalue weighted by molar-refractivity contribution is 6.41. The standard InChI is InChI=1S/C14H19N3O4/c1-3-21-12-6-4-11(5-7-12)16-13(19)14(20)17(9-8-15)10(2)18/h4-7H,3,8-9,15H2,1-2H3,(H,16,19). The Morgan fingerprint density at radius 2 is 1.86 bits per heavy atom. The zero-order chi connectivity index (χ0) is 15.8. The first kappa shape index (κ1) is 16.6. The van der Waals surface area contributed by atoms with Crippen LogP contribution in [0.3, 0.4) is 0 Å². The number of nitrogens with one attached hydrogen (secondary N) is 1. The SMILES string of the molecule is CCOc1ccc(NC(=O)C(=O)N(CCN)C(C)=O)cc1. The number of rotatable bonds is 5. The number of benzene rings is 1. The van der Waals surface area contributed by atoms with Crippen LogP contribution in [-0.4, -0.2) is 42.3 Å². The fourth-order valence-electron chi connectivity index (χ4n) is 1.64. The van der Waals surface area contributed by atoms with E-state index >= 15 is 0 Å². The van der Waals surface area contributed by atoms with Crippen LogP contribution in [0.5, 0.6) is 5.75 Å². The van der Waals surface area contributed by atoms with Crippen LogP contribution in [-0.2, 0) is 14.4 Å². The lowest BCUT2D eigenvalue weighted by atomic mass is 10.3.